The van der Waals surface area contributed by atoms with Crippen LogP contribution in [0.25, 0.3) is 0 Å². The number of anilines is 1. The van der Waals surface area contributed by atoms with Crippen molar-refractivity contribution >= 4 is 40.8 Å². The number of esters is 1. The molecular formula is C15H12Cl2N2O3. The predicted octanol–water partition coefficient (Wildman–Crippen LogP) is 3.57. The third-order valence-electron chi connectivity index (χ3n) is 2.72. The highest BCUT2D eigenvalue weighted by molar-refractivity contribution is 6.36. The Balaban J connectivity index is 1.99. The molecule has 0 aliphatic rings. The summed E-state index contributed by atoms with van der Waals surface area (Å²) in [7, 11) is 0. The van der Waals surface area contributed by atoms with Gasteiger partial charge in [-0.25, -0.2) is 9.78 Å². The third kappa shape index (κ3) is 4.19. The molecule has 0 aliphatic heterocycles. The lowest BCUT2D eigenvalue weighted by molar-refractivity contribution is -0.123. The van der Waals surface area contributed by atoms with Gasteiger partial charge in [-0.05, 0) is 37.3 Å². The number of benzene rings is 1. The van der Waals surface area contributed by atoms with Crippen LogP contribution >= 0.6 is 23.2 Å². The predicted molar refractivity (Wildman–Crippen MR) is 84.2 cm³/mol. The Hall–Kier alpha value is -2.11. The second-order valence-electron chi connectivity index (χ2n) is 4.38. The molecule has 0 spiro atoms. The molecule has 1 aromatic heterocycles. The average Bonchev–Trinajstić information content (AvgIpc) is 2.50. The number of hydrogen-bond acceptors (Lipinski definition) is 4. The van der Waals surface area contributed by atoms with Crippen molar-refractivity contribution in [3.63, 3.8) is 0 Å². The van der Waals surface area contributed by atoms with E-state index in [1.165, 1.54) is 25.3 Å². The molecule has 0 bridgehead atoms. The van der Waals surface area contributed by atoms with E-state index in [4.69, 9.17) is 27.9 Å². The molecule has 1 amide bonds. The van der Waals surface area contributed by atoms with E-state index in [1.54, 1.807) is 24.3 Å². The van der Waals surface area contributed by atoms with E-state index < -0.39 is 18.0 Å². The number of nitrogens with zero attached hydrogens (tertiary/aromatic N) is 1. The third-order valence-corrected chi connectivity index (χ3v) is 3.26. The van der Waals surface area contributed by atoms with Gasteiger partial charge >= 0.3 is 5.97 Å². The number of amides is 1. The molecule has 2 aromatic rings. The molecule has 5 nitrogen and oxygen atoms in total. The molecule has 114 valence electrons. The summed E-state index contributed by atoms with van der Waals surface area (Å²) >= 11 is 11.7. The van der Waals surface area contributed by atoms with Crippen LogP contribution in [0.4, 0.5) is 5.69 Å². The summed E-state index contributed by atoms with van der Waals surface area (Å²) in [5.74, 6) is -1.18. The highest BCUT2D eigenvalue weighted by Gasteiger charge is 2.20. The van der Waals surface area contributed by atoms with E-state index in [-0.39, 0.29) is 5.69 Å². The summed E-state index contributed by atoms with van der Waals surface area (Å²) in [5.41, 5.74) is 0.517. The summed E-state index contributed by atoms with van der Waals surface area (Å²) < 4.78 is 5.05. The van der Waals surface area contributed by atoms with Crippen LogP contribution in [0.2, 0.25) is 10.0 Å². The first kappa shape index (κ1) is 16.3. The lowest BCUT2D eigenvalue weighted by Gasteiger charge is -2.14. The van der Waals surface area contributed by atoms with Gasteiger partial charge in [0.1, 0.15) is 5.69 Å². The highest BCUT2D eigenvalue weighted by atomic mass is 35.5. The van der Waals surface area contributed by atoms with Crippen molar-refractivity contribution in [2.45, 2.75) is 13.0 Å². The van der Waals surface area contributed by atoms with Gasteiger partial charge in [0.15, 0.2) is 6.10 Å². The molecule has 0 saturated carbocycles. The number of carbonyl (C=O) groups is 2. The number of ether oxygens (including phenoxy) is 1. The maximum absolute atomic E-state index is 12.0. The summed E-state index contributed by atoms with van der Waals surface area (Å²) in [6, 6.07) is 9.49. The van der Waals surface area contributed by atoms with Crippen molar-refractivity contribution in [2.24, 2.45) is 0 Å². The zero-order chi connectivity index (χ0) is 16.1. The molecular weight excluding hydrogens is 327 g/mol. The summed E-state index contributed by atoms with van der Waals surface area (Å²) in [5, 5.41) is 3.32. The van der Waals surface area contributed by atoms with Gasteiger partial charge in [-0.3, -0.25) is 4.79 Å². The molecule has 1 aromatic carbocycles. The normalized spacial score (nSPS) is 11.6. The maximum Gasteiger partial charge on any atom is 0.357 e. The second-order valence-corrected chi connectivity index (χ2v) is 5.22. The Bertz CT molecular complexity index is 692. The fourth-order valence-electron chi connectivity index (χ4n) is 1.58. The van der Waals surface area contributed by atoms with Crippen molar-refractivity contribution < 1.29 is 14.3 Å². The largest absolute Gasteiger partial charge is 0.448 e. The number of aromatic nitrogens is 1. The lowest BCUT2D eigenvalue weighted by atomic mass is 10.3. The minimum absolute atomic E-state index is 0.131. The number of carbonyl (C=O) groups excluding carboxylic acids is 2. The molecule has 1 N–H and O–H groups in total. The lowest BCUT2D eigenvalue weighted by Crippen LogP contribution is -2.30. The van der Waals surface area contributed by atoms with Crippen molar-refractivity contribution in [3.8, 4) is 0 Å². The Labute approximate surface area is 137 Å². The van der Waals surface area contributed by atoms with Crippen LogP contribution in [0.3, 0.4) is 0 Å². The Morgan fingerprint density at radius 3 is 2.64 bits per heavy atom. The molecule has 0 unspecified atom stereocenters. The number of halogens is 2. The summed E-state index contributed by atoms with van der Waals surface area (Å²) in [6.45, 7) is 1.46. The summed E-state index contributed by atoms with van der Waals surface area (Å²) in [6.07, 6.45) is 0.468. The van der Waals surface area contributed by atoms with Crippen LogP contribution < -0.4 is 5.32 Å². The molecule has 22 heavy (non-hydrogen) atoms. The molecule has 0 radical (unpaired) electrons. The quantitative estimate of drug-likeness (QED) is 0.865. The molecule has 0 aliphatic carbocycles. The fraction of sp³-hybridized carbons (Fsp3) is 0.133. The van der Waals surface area contributed by atoms with E-state index in [1.807, 2.05) is 0 Å². The Morgan fingerprint density at radius 1 is 1.23 bits per heavy atom. The number of hydrogen-bond donors (Lipinski definition) is 1. The number of rotatable bonds is 4. The zero-order valence-corrected chi connectivity index (χ0v) is 13.1. The minimum Gasteiger partial charge on any atom is -0.448 e. The van der Waals surface area contributed by atoms with Crippen molar-refractivity contribution in [2.75, 3.05) is 5.32 Å². The monoisotopic (exact) mass is 338 g/mol. The van der Waals surface area contributed by atoms with Crippen LogP contribution in [-0.4, -0.2) is 23.0 Å². The molecule has 1 atom stereocenters. The van der Waals surface area contributed by atoms with Gasteiger partial charge in [0.05, 0.1) is 10.7 Å². The van der Waals surface area contributed by atoms with Gasteiger partial charge in [0.2, 0.25) is 0 Å². The van der Waals surface area contributed by atoms with Gasteiger partial charge in [-0.2, -0.15) is 0 Å². The first-order valence-electron chi connectivity index (χ1n) is 6.35. The van der Waals surface area contributed by atoms with Crippen molar-refractivity contribution in [3.05, 3.63) is 58.3 Å². The molecule has 0 fully saturated rings. The first-order valence-corrected chi connectivity index (χ1v) is 7.11. The van der Waals surface area contributed by atoms with Crippen LogP contribution in [0.1, 0.15) is 17.4 Å². The minimum atomic E-state index is -0.999. The van der Waals surface area contributed by atoms with Gasteiger partial charge < -0.3 is 10.1 Å². The van der Waals surface area contributed by atoms with Crippen LogP contribution in [0.15, 0.2) is 42.6 Å². The molecule has 7 heteroatoms. The molecule has 1 heterocycles. The summed E-state index contributed by atoms with van der Waals surface area (Å²) in [4.78, 5) is 27.7. The smallest absolute Gasteiger partial charge is 0.357 e. The van der Waals surface area contributed by atoms with E-state index in [0.29, 0.717) is 15.7 Å². The highest BCUT2D eigenvalue weighted by Crippen LogP contribution is 2.25. The standard InChI is InChI=1S/C15H12Cl2N2O3/c1-9(22-15(21)13-4-2-3-7-18-13)14(20)19-12-6-5-10(16)8-11(12)17/h2-9H,1H3,(H,19,20)/t9-/m0/s1. The second kappa shape index (κ2) is 7.24. The molecule has 0 saturated heterocycles. The van der Waals surface area contributed by atoms with Crippen LogP contribution in [0.5, 0.6) is 0 Å². The van der Waals surface area contributed by atoms with E-state index in [2.05, 4.69) is 10.3 Å². The Morgan fingerprint density at radius 2 is 2.00 bits per heavy atom. The van der Waals surface area contributed by atoms with E-state index >= 15 is 0 Å². The van der Waals surface area contributed by atoms with Crippen molar-refractivity contribution in [1.82, 2.24) is 4.98 Å². The number of pyridine rings is 1. The van der Waals surface area contributed by atoms with Gasteiger partial charge in [0, 0.05) is 11.2 Å². The fourth-order valence-corrected chi connectivity index (χ4v) is 2.04. The zero-order valence-electron chi connectivity index (χ0n) is 11.5. The average molecular weight is 339 g/mol. The van der Waals surface area contributed by atoms with Crippen molar-refractivity contribution in [1.29, 1.82) is 0 Å². The van der Waals surface area contributed by atoms with Gasteiger partial charge in [0.25, 0.3) is 5.91 Å². The molecule has 2 rings (SSSR count). The SMILES string of the molecule is C[C@H](OC(=O)c1ccccn1)C(=O)Nc1ccc(Cl)cc1Cl. The van der Waals surface area contributed by atoms with Crippen LogP contribution in [0, 0.1) is 0 Å². The van der Waals surface area contributed by atoms with Gasteiger partial charge in [-0.15, -0.1) is 0 Å². The topological polar surface area (TPSA) is 68.3 Å². The Kier molecular flexibility index (Phi) is 5.35. The first-order chi connectivity index (χ1) is 10.5. The van der Waals surface area contributed by atoms with E-state index in [0.717, 1.165) is 0 Å². The maximum atomic E-state index is 12.0. The van der Waals surface area contributed by atoms with E-state index in [9.17, 15) is 9.59 Å². The van der Waals surface area contributed by atoms with Crippen LogP contribution in [-0.2, 0) is 9.53 Å². The number of nitrogens with one attached hydrogen (secondary N) is 1. The van der Waals surface area contributed by atoms with Gasteiger partial charge in [-0.1, -0.05) is 29.3 Å².